The van der Waals surface area contributed by atoms with E-state index in [1.165, 1.54) is 0 Å². The molecule has 2 atom stereocenters. The zero-order valence-electron chi connectivity index (χ0n) is 11.3. The Hall–Kier alpha value is -1.06. The number of carbonyl (C=O) groups is 2. The molecule has 0 radical (unpaired) electrons. The van der Waals surface area contributed by atoms with Gasteiger partial charge in [-0.15, -0.1) is 0 Å². The van der Waals surface area contributed by atoms with Crippen molar-refractivity contribution in [3.8, 4) is 0 Å². The van der Waals surface area contributed by atoms with Crippen LogP contribution in [0.1, 0.15) is 59.8 Å². The second-order valence-electron chi connectivity index (χ2n) is 4.11. The van der Waals surface area contributed by atoms with E-state index >= 15 is 0 Å². The Morgan fingerprint density at radius 2 is 1.47 bits per heavy atom. The molecule has 0 amide bonds. The molecule has 2 unspecified atom stereocenters. The molecule has 4 nitrogen and oxygen atoms in total. The number of carbonyl (C=O) groups excluding carboxylic acids is 2. The van der Waals surface area contributed by atoms with Crippen LogP contribution < -0.4 is 0 Å². The van der Waals surface area contributed by atoms with E-state index in [9.17, 15) is 9.59 Å². The van der Waals surface area contributed by atoms with Crippen LogP contribution in [0.4, 0.5) is 0 Å². The lowest BCUT2D eigenvalue weighted by Crippen LogP contribution is -2.20. The highest BCUT2D eigenvalue weighted by atomic mass is 16.5. The minimum atomic E-state index is -0.184. The van der Waals surface area contributed by atoms with Gasteiger partial charge in [0.05, 0.1) is 6.10 Å². The topological polar surface area (TPSA) is 52.6 Å². The maximum atomic E-state index is 11.1. The van der Waals surface area contributed by atoms with Crippen LogP contribution in [0.5, 0.6) is 0 Å². The van der Waals surface area contributed by atoms with E-state index in [0.29, 0.717) is 12.8 Å². The van der Waals surface area contributed by atoms with Gasteiger partial charge in [-0.3, -0.25) is 9.59 Å². The summed E-state index contributed by atoms with van der Waals surface area (Å²) in [4.78, 5) is 22.2. The summed E-state index contributed by atoms with van der Waals surface area (Å²) in [6.45, 7) is 7.39. The van der Waals surface area contributed by atoms with Gasteiger partial charge in [-0.25, -0.2) is 0 Å². The molecular formula is C13H24O4. The van der Waals surface area contributed by atoms with Crippen LogP contribution in [0.15, 0.2) is 0 Å². The molecule has 0 rings (SSSR count). The standard InChI is InChI=1S/C13H24O4/c1-5-11(17-13(15)7-3)9-8-10(4)16-12(14)6-2/h10-11H,5-9H2,1-4H3. The summed E-state index contributed by atoms with van der Waals surface area (Å²) in [5.41, 5.74) is 0. The van der Waals surface area contributed by atoms with Gasteiger partial charge < -0.3 is 9.47 Å². The van der Waals surface area contributed by atoms with E-state index in [1.54, 1.807) is 13.8 Å². The van der Waals surface area contributed by atoms with Gasteiger partial charge in [0.1, 0.15) is 6.10 Å². The van der Waals surface area contributed by atoms with E-state index in [-0.39, 0.29) is 24.1 Å². The summed E-state index contributed by atoms with van der Waals surface area (Å²) >= 11 is 0. The summed E-state index contributed by atoms with van der Waals surface area (Å²) in [5.74, 6) is -0.355. The van der Waals surface area contributed by atoms with Crippen LogP contribution >= 0.6 is 0 Å². The highest BCUT2D eigenvalue weighted by Gasteiger charge is 2.14. The molecular weight excluding hydrogens is 220 g/mol. The zero-order valence-corrected chi connectivity index (χ0v) is 11.3. The molecule has 4 heteroatoms. The first-order valence-corrected chi connectivity index (χ1v) is 6.42. The van der Waals surface area contributed by atoms with Crippen LogP contribution in [-0.4, -0.2) is 24.1 Å². The Balaban J connectivity index is 3.89. The molecule has 0 bridgehead atoms. The number of hydrogen-bond acceptors (Lipinski definition) is 4. The fourth-order valence-electron chi connectivity index (χ4n) is 1.40. The minimum absolute atomic E-state index is 0.0646. The van der Waals surface area contributed by atoms with E-state index in [1.807, 2.05) is 13.8 Å². The highest BCUT2D eigenvalue weighted by molar-refractivity contribution is 5.69. The Labute approximate surface area is 104 Å². The third-order valence-corrected chi connectivity index (χ3v) is 2.56. The van der Waals surface area contributed by atoms with Crippen LogP contribution in [-0.2, 0) is 19.1 Å². The SMILES string of the molecule is CCC(=O)OC(C)CCC(CC)OC(=O)CC. The van der Waals surface area contributed by atoms with Crippen molar-refractivity contribution in [2.75, 3.05) is 0 Å². The van der Waals surface area contributed by atoms with E-state index in [4.69, 9.17) is 9.47 Å². The second kappa shape index (κ2) is 9.02. The fourth-order valence-corrected chi connectivity index (χ4v) is 1.40. The van der Waals surface area contributed by atoms with E-state index in [2.05, 4.69) is 0 Å². The Morgan fingerprint density at radius 1 is 0.941 bits per heavy atom. The smallest absolute Gasteiger partial charge is 0.305 e. The summed E-state index contributed by atoms with van der Waals surface area (Å²) in [6.07, 6.45) is 2.87. The first kappa shape index (κ1) is 15.9. The fraction of sp³-hybridized carbons (Fsp3) is 0.846. The van der Waals surface area contributed by atoms with Crippen LogP contribution in [0, 0.1) is 0 Å². The molecule has 0 aromatic rings. The summed E-state index contributed by atoms with van der Waals surface area (Å²) in [5, 5.41) is 0. The van der Waals surface area contributed by atoms with Crippen molar-refractivity contribution in [2.24, 2.45) is 0 Å². The van der Waals surface area contributed by atoms with Gasteiger partial charge in [0, 0.05) is 12.8 Å². The van der Waals surface area contributed by atoms with Crippen LogP contribution in [0.25, 0.3) is 0 Å². The molecule has 0 fully saturated rings. The van der Waals surface area contributed by atoms with Crippen molar-refractivity contribution in [2.45, 2.75) is 72.0 Å². The van der Waals surface area contributed by atoms with Crippen molar-refractivity contribution in [1.82, 2.24) is 0 Å². The molecule has 100 valence electrons. The van der Waals surface area contributed by atoms with Crippen LogP contribution in [0.3, 0.4) is 0 Å². The average Bonchev–Trinajstić information content (AvgIpc) is 2.33. The summed E-state index contributed by atoms with van der Waals surface area (Å²) < 4.78 is 10.4. The molecule has 0 aliphatic heterocycles. The van der Waals surface area contributed by atoms with Gasteiger partial charge in [0.2, 0.25) is 0 Å². The van der Waals surface area contributed by atoms with Crippen molar-refractivity contribution < 1.29 is 19.1 Å². The number of rotatable bonds is 8. The number of esters is 2. The molecule has 0 aromatic carbocycles. The number of ether oxygens (including phenoxy) is 2. The van der Waals surface area contributed by atoms with Gasteiger partial charge >= 0.3 is 11.9 Å². The monoisotopic (exact) mass is 244 g/mol. The van der Waals surface area contributed by atoms with Crippen molar-refractivity contribution in [3.63, 3.8) is 0 Å². The average molecular weight is 244 g/mol. The summed E-state index contributed by atoms with van der Waals surface area (Å²) in [7, 11) is 0. The Bertz CT molecular complexity index is 238. The molecule has 0 aliphatic carbocycles. The molecule has 0 aromatic heterocycles. The largest absolute Gasteiger partial charge is 0.463 e. The lowest BCUT2D eigenvalue weighted by molar-refractivity contribution is -0.152. The predicted octanol–water partition coefficient (Wildman–Crippen LogP) is 2.84. The van der Waals surface area contributed by atoms with E-state index < -0.39 is 0 Å². The lowest BCUT2D eigenvalue weighted by atomic mass is 10.1. The number of hydrogen-bond donors (Lipinski definition) is 0. The third kappa shape index (κ3) is 7.77. The molecule has 0 spiro atoms. The molecule has 0 heterocycles. The molecule has 0 saturated heterocycles. The van der Waals surface area contributed by atoms with Crippen molar-refractivity contribution in [3.05, 3.63) is 0 Å². The maximum Gasteiger partial charge on any atom is 0.305 e. The normalized spacial score (nSPS) is 13.9. The highest BCUT2D eigenvalue weighted by Crippen LogP contribution is 2.12. The van der Waals surface area contributed by atoms with Gasteiger partial charge in [0.25, 0.3) is 0 Å². The van der Waals surface area contributed by atoms with Crippen LogP contribution in [0.2, 0.25) is 0 Å². The Morgan fingerprint density at radius 3 is 1.94 bits per heavy atom. The van der Waals surface area contributed by atoms with Gasteiger partial charge in [-0.1, -0.05) is 20.8 Å². The van der Waals surface area contributed by atoms with Gasteiger partial charge in [0.15, 0.2) is 0 Å². The van der Waals surface area contributed by atoms with Crippen molar-refractivity contribution in [1.29, 1.82) is 0 Å². The quantitative estimate of drug-likeness (QED) is 0.616. The molecule has 0 N–H and O–H groups in total. The van der Waals surface area contributed by atoms with Gasteiger partial charge in [-0.05, 0) is 26.2 Å². The molecule has 0 aliphatic rings. The summed E-state index contributed by atoms with van der Waals surface area (Å²) in [6, 6.07) is 0. The first-order chi connectivity index (χ1) is 8.03. The first-order valence-electron chi connectivity index (χ1n) is 6.42. The Kier molecular flexibility index (Phi) is 8.46. The lowest BCUT2D eigenvalue weighted by Gasteiger charge is -2.18. The zero-order chi connectivity index (χ0) is 13.3. The second-order valence-corrected chi connectivity index (χ2v) is 4.11. The van der Waals surface area contributed by atoms with Gasteiger partial charge in [-0.2, -0.15) is 0 Å². The third-order valence-electron chi connectivity index (χ3n) is 2.56. The molecule has 0 saturated carbocycles. The van der Waals surface area contributed by atoms with E-state index in [0.717, 1.165) is 19.3 Å². The minimum Gasteiger partial charge on any atom is -0.463 e. The predicted molar refractivity (Wildman–Crippen MR) is 65.5 cm³/mol. The maximum absolute atomic E-state index is 11.1. The van der Waals surface area contributed by atoms with Crippen molar-refractivity contribution >= 4 is 11.9 Å². The molecule has 17 heavy (non-hydrogen) atoms.